The first kappa shape index (κ1) is 23.3. The van der Waals surface area contributed by atoms with Gasteiger partial charge in [0.25, 0.3) is 5.56 Å². The summed E-state index contributed by atoms with van der Waals surface area (Å²) in [5, 5.41) is 5.20. The smallest absolute Gasteiger partial charge is 0.270 e. The maximum Gasteiger partial charge on any atom is 0.270 e. The first-order chi connectivity index (χ1) is 17.1. The largest absolute Gasteiger partial charge is 0.353 e. The third-order valence-electron chi connectivity index (χ3n) is 6.69. The van der Waals surface area contributed by atoms with Gasteiger partial charge >= 0.3 is 0 Å². The van der Waals surface area contributed by atoms with Crippen molar-refractivity contribution >= 4 is 33.4 Å². The molecule has 2 aromatic heterocycles. The number of hydrogen-bond acceptors (Lipinski definition) is 5. The van der Waals surface area contributed by atoms with E-state index in [2.05, 4.69) is 34.3 Å². The van der Waals surface area contributed by atoms with Gasteiger partial charge in [0.05, 0.1) is 11.4 Å². The first-order valence-electron chi connectivity index (χ1n) is 12.2. The Kier molecular flexibility index (Phi) is 6.95. The molecule has 0 aliphatic carbocycles. The topological polar surface area (TPSA) is 78.1 Å². The number of aromatic amines is 1. The minimum atomic E-state index is -0.127. The van der Waals surface area contributed by atoms with E-state index in [1.54, 1.807) is 0 Å². The van der Waals surface area contributed by atoms with Crippen LogP contribution >= 0.6 is 11.3 Å². The Bertz CT molecular complexity index is 1350. The molecular formula is C28H30N4O2S. The average molecular weight is 487 g/mol. The number of piperidine rings is 1. The van der Waals surface area contributed by atoms with Crippen LogP contribution in [0.25, 0.3) is 21.3 Å². The minimum absolute atomic E-state index is 0.0826. The molecule has 1 aliphatic rings. The number of thiophene rings is 1. The van der Waals surface area contributed by atoms with Crippen molar-refractivity contribution in [3.63, 3.8) is 0 Å². The third-order valence-corrected chi connectivity index (χ3v) is 7.66. The molecule has 0 unspecified atom stereocenters. The second kappa shape index (κ2) is 10.4. The molecule has 2 aromatic carbocycles. The van der Waals surface area contributed by atoms with Gasteiger partial charge < -0.3 is 10.2 Å². The Labute approximate surface area is 209 Å². The summed E-state index contributed by atoms with van der Waals surface area (Å²) in [7, 11) is 0. The summed E-state index contributed by atoms with van der Waals surface area (Å²) >= 11 is 1.42. The molecule has 1 saturated heterocycles. The number of nitrogens with zero attached hydrogens (tertiary/aromatic N) is 2. The van der Waals surface area contributed by atoms with Gasteiger partial charge in [0.2, 0.25) is 11.9 Å². The predicted molar refractivity (Wildman–Crippen MR) is 143 cm³/mol. The lowest BCUT2D eigenvalue weighted by Gasteiger charge is -2.33. The fourth-order valence-electron chi connectivity index (χ4n) is 4.73. The van der Waals surface area contributed by atoms with Gasteiger partial charge in [-0.3, -0.25) is 14.6 Å². The fourth-order valence-corrected chi connectivity index (χ4v) is 5.64. The van der Waals surface area contributed by atoms with Crippen LogP contribution in [0.3, 0.4) is 0 Å². The summed E-state index contributed by atoms with van der Waals surface area (Å²) in [5.41, 5.74) is 3.89. The predicted octanol–water partition coefficient (Wildman–Crippen LogP) is 5.01. The number of carbonyl (C=O) groups is 1. The van der Waals surface area contributed by atoms with Crippen LogP contribution in [0.1, 0.15) is 31.7 Å². The van der Waals surface area contributed by atoms with Gasteiger partial charge in [-0.1, -0.05) is 60.7 Å². The number of hydrogen-bond donors (Lipinski definition) is 2. The molecule has 4 aromatic rings. The number of rotatable bonds is 7. The number of carbonyl (C=O) groups excluding carboxylic acids is 1. The Morgan fingerprint density at radius 3 is 2.69 bits per heavy atom. The summed E-state index contributed by atoms with van der Waals surface area (Å²) in [6.45, 7) is 3.39. The first-order valence-corrected chi connectivity index (χ1v) is 13.1. The lowest BCUT2D eigenvalue weighted by molar-refractivity contribution is -0.125. The fraction of sp³-hybridized carbons (Fsp3) is 0.321. The molecule has 2 N–H and O–H groups in total. The van der Waals surface area contributed by atoms with E-state index in [0.717, 1.165) is 48.9 Å². The highest BCUT2D eigenvalue weighted by Crippen LogP contribution is 2.32. The molecule has 1 aliphatic heterocycles. The summed E-state index contributed by atoms with van der Waals surface area (Å²) in [5.74, 6) is 0.506. The Hall–Kier alpha value is -3.45. The van der Waals surface area contributed by atoms with Gasteiger partial charge in [-0.2, -0.15) is 0 Å². The third kappa shape index (κ3) is 5.30. The van der Waals surface area contributed by atoms with E-state index < -0.39 is 0 Å². The maximum atomic E-state index is 13.0. The minimum Gasteiger partial charge on any atom is -0.353 e. The Balaban J connectivity index is 1.28. The van der Waals surface area contributed by atoms with Crippen LogP contribution in [0.5, 0.6) is 0 Å². The molecule has 0 bridgehead atoms. The van der Waals surface area contributed by atoms with Crippen LogP contribution in [0, 0.1) is 5.92 Å². The van der Waals surface area contributed by atoms with E-state index in [-0.39, 0.29) is 23.4 Å². The molecule has 35 heavy (non-hydrogen) atoms. The lowest BCUT2D eigenvalue weighted by Crippen LogP contribution is -2.46. The highest BCUT2D eigenvalue weighted by atomic mass is 32.1. The van der Waals surface area contributed by atoms with Crippen molar-refractivity contribution in [2.75, 3.05) is 18.0 Å². The van der Waals surface area contributed by atoms with E-state index in [1.165, 1.54) is 16.9 Å². The lowest BCUT2D eigenvalue weighted by atomic mass is 9.96. The second-order valence-corrected chi connectivity index (χ2v) is 10.2. The van der Waals surface area contributed by atoms with Crippen molar-refractivity contribution < 1.29 is 4.79 Å². The Morgan fingerprint density at radius 1 is 1.17 bits per heavy atom. The molecule has 7 heteroatoms. The molecular weight excluding hydrogens is 456 g/mol. The SMILES string of the molecule is C[C@H](CCc1ccccc1)NC(=O)[C@H]1CCCN(c2nc3c(-c4ccccc4)csc3c(=O)[nH]2)C1. The van der Waals surface area contributed by atoms with E-state index >= 15 is 0 Å². The summed E-state index contributed by atoms with van der Waals surface area (Å²) in [6.07, 6.45) is 3.56. The number of fused-ring (bicyclic) bond motifs is 1. The quantitative estimate of drug-likeness (QED) is 0.385. The van der Waals surface area contributed by atoms with E-state index in [4.69, 9.17) is 4.98 Å². The molecule has 2 atom stereocenters. The van der Waals surface area contributed by atoms with Crippen molar-refractivity contribution in [2.24, 2.45) is 5.92 Å². The molecule has 6 nitrogen and oxygen atoms in total. The zero-order chi connectivity index (χ0) is 24.2. The van der Waals surface area contributed by atoms with E-state index in [1.807, 2.05) is 53.9 Å². The summed E-state index contributed by atoms with van der Waals surface area (Å²) < 4.78 is 0.631. The van der Waals surface area contributed by atoms with Crippen LogP contribution in [-0.2, 0) is 11.2 Å². The monoisotopic (exact) mass is 486 g/mol. The highest BCUT2D eigenvalue weighted by molar-refractivity contribution is 7.17. The molecule has 3 heterocycles. The van der Waals surface area contributed by atoms with Gasteiger partial charge in [-0.25, -0.2) is 4.98 Å². The van der Waals surface area contributed by atoms with Crippen LogP contribution in [0.2, 0.25) is 0 Å². The summed E-state index contributed by atoms with van der Waals surface area (Å²) in [6, 6.07) is 20.5. The van der Waals surface area contributed by atoms with Crippen molar-refractivity contribution in [2.45, 2.75) is 38.6 Å². The van der Waals surface area contributed by atoms with Crippen LogP contribution in [0.4, 0.5) is 5.95 Å². The van der Waals surface area contributed by atoms with Crippen molar-refractivity contribution in [3.8, 4) is 11.1 Å². The van der Waals surface area contributed by atoms with Gasteiger partial charge in [0.15, 0.2) is 0 Å². The van der Waals surface area contributed by atoms with Crippen molar-refractivity contribution in [3.05, 3.63) is 82.0 Å². The number of amides is 1. The molecule has 1 amide bonds. The number of aromatic nitrogens is 2. The van der Waals surface area contributed by atoms with Crippen LogP contribution < -0.4 is 15.8 Å². The molecule has 180 valence electrons. The number of anilines is 1. The van der Waals surface area contributed by atoms with Gasteiger partial charge in [-0.05, 0) is 43.7 Å². The number of benzene rings is 2. The average Bonchev–Trinajstić information content (AvgIpc) is 3.33. The number of aryl methyl sites for hydroxylation is 1. The molecule has 5 rings (SSSR count). The zero-order valence-electron chi connectivity index (χ0n) is 19.9. The van der Waals surface area contributed by atoms with E-state index in [0.29, 0.717) is 17.2 Å². The van der Waals surface area contributed by atoms with Crippen molar-refractivity contribution in [1.82, 2.24) is 15.3 Å². The number of H-pyrrole nitrogens is 1. The van der Waals surface area contributed by atoms with Crippen LogP contribution in [0.15, 0.2) is 70.8 Å². The van der Waals surface area contributed by atoms with Gasteiger partial charge in [0, 0.05) is 30.1 Å². The molecule has 0 saturated carbocycles. The molecule has 1 fully saturated rings. The standard InChI is InChI=1S/C28H30N4O2S/c1-19(14-15-20-9-4-2-5-10-20)29-26(33)22-13-8-16-32(17-22)28-30-24-23(21-11-6-3-7-12-21)18-35-25(24)27(34)31-28/h2-7,9-12,18-19,22H,8,13-17H2,1H3,(H,29,33)(H,30,31,34)/t19-,22+/m1/s1. The zero-order valence-corrected chi connectivity index (χ0v) is 20.7. The molecule has 0 spiro atoms. The highest BCUT2D eigenvalue weighted by Gasteiger charge is 2.28. The second-order valence-electron chi connectivity index (χ2n) is 9.30. The van der Waals surface area contributed by atoms with Crippen LogP contribution in [-0.4, -0.2) is 35.0 Å². The van der Waals surface area contributed by atoms with E-state index in [9.17, 15) is 9.59 Å². The summed E-state index contributed by atoms with van der Waals surface area (Å²) in [4.78, 5) is 35.8. The molecule has 0 radical (unpaired) electrons. The maximum absolute atomic E-state index is 13.0. The Morgan fingerprint density at radius 2 is 1.91 bits per heavy atom. The van der Waals surface area contributed by atoms with Crippen molar-refractivity contribution in [1.29, 1.82) is 0 Å². The normalized spacial score (nSPS) is 16.8. The number of nitrogens with one attached hydrogen (secondary N) is 2. The van der Waals surface area contributed by atoms with Gasteiger partial charge in [0.1, 0.15) is 4.70 Å². The van der Waals surface area contributed by atoms with Gasteiger partial charge in [-0.15, -0.1) is 11.3 Å².